The SMILES string of the molecule is Cc1cccc(OC(C)C(=O)Nc2ccc(Oc3ccc(NC(=O)C(C)Oc4cccc(C)c4)cc3)cc2)c1. The van der Waals surface area contributed by atoms with Gasteiger partial charge in [-0.25, -0.2) is 0 Å². The van der Waals surface area contributed by atoms with Gasteiger partial charge in [-0.05, 0) is 112 Å². The lowest BCUT2D eigenvalue weighted by Crippen LogP contribution is -2.30. The van der Waals surface area contributed by atoms with Gasteiger partial charge in [-0.3, -0.25) is 9.59 Å². The van der Waals surface area contributed by atoms with Crippen molar-refractivity contribution in [2.24, 2.45) is 0 Å². The molecule has 0 aliphatic heterocycles. The highest BCUT2D eigenvalue weighted by atomic mass is 16.5. The Bertz CT molecular complexity index is 1310. The minimum atomic E-state index is -0.654. The summed E-state index contributed by atoms with van der Waals surface area (Å²) < 4.78 is 17.4. The average Bonchev–Trinajstić information content (AvgIpc) is 2.91. The minimum absolute atomic E-state index is 0.249. The molecule has 0 bridgehead atoms. The molecule has 0 fully saturated rings. The molecular weight excluding hydrogens is 492 g/mol. The average molecular weight is 525 g/mol. The Balaban J connectivity index is 1.26. The lowest BCUT2D eigenvalue weighted by molar-refractivity contribution is -0.122. The quantitative estimate of drug-likeness (QED) is 0.235. The number of aryl methyl sites for hydroxylation is 2. The highest BCUT2D eigenvalue weighted by Crippen LogP contribution is 2.25. The van der Waals surface area contributed by atoms with Crippen molar-refractivity contribution in [2.75, 3.05) is 10.6 Å². The Morgan fingerprint density at radius 3 is 1.31 bits per heavy atom. The Hall–Kier alpha value is -4.78. The molecular formula is C32H32N2O5. The summed E-state index contributed by atoms with van der Waals surface area (Å²) in [4.78, 5) is 25.1. The van der Waals surface area contributed by atoms with Gasteiger partial charge in [0.05, 0.1) is 0 Å². The highest BCUT2D eigenvalue weighted by molar-refractivity contribution is 5.94. The van der Waals surface area contributed by atoms with Crippen molar-refractivity contribution in [2.45, 2.75) is 39.9 Å². The fourth-order valence-corrected chi connectivity index (χ4v) is 3.73. The fourth-order valence-electron chi connectivity index (χ4n) is 3.73. The minimum Gasteiger partial charge on any atom is -0.481 e. The van der Waals surface area contributed by atoms with Crippen LogP contribution in [0.15, 0.2) is 97.1 Å². The number of anilines is 2. The van der Waals surface area contributed by atoms with Gasteiger partial charge in [0, 0.05) is 11.4 Å². The maximum Gasteiger partial charge on any atom is 0.265 e. The normalized spacial score (nSPS) is 12.1. The summed E-state index contributed by atoms with van der Waals surface area (Å²) in [5.41, 5.74) is 3.39. The first-order chi connectivity index (χ1) is 18.7. The molecule has 2 N–H and O–H groups in total. The van der Waals surface area contributed by atoms with Gasteiger partial charge in [-0.1, -0.05) is 24.3 Å². The second-order valence-corrected chi connectivity index (χ2v) is 9.28. The van der Waals surface area contributed by atoms with Crippen molar-refractivity contribution in [1.82, 2.24) is 0 Å². The largest absolute Gasteiger partial charge is 0.481 e. The van der Waals surface area contributed by atoms with Gasteiger partial charge in [0.2, 0.25) is 0 Å². The van der Waals surface area contributed by atoms with E-state index >= 15 is 0 Å². The lowest BCUT2D eigenvalue weighted by atomic mass is 10.2. The van der Waals surface area contributed by atoms with Crippen molar-refractivity contribution in [3.8, 4) is 23.0 Å². The fraction of sp³-hybridized carbons (Fsp3) is 0.188. The van der Waals surface area contributed by atoms with E-state index in [4.69, 9.17) is 14.2 Å². The predicted molar refractivity (Wildman–Crippen MR) is 153 cm³/mol. The third kappa shape index (κ3) is 8.10. The van der Waals surface area contributed by atoms with Crippen molar-refractivity contribution in [3.63, 3.8) is 0 Å². The van der Waals surface area contributed by atoms with Crippen LogP contribution in [0.25, 0.3) is 0 Å². The predicted octanol–water partition coefficient (Wildman–Crippen LogP) is 6.91. The summed E-state index contributed by atoms with van der Waals surface area (Å²) >= 11 is 0. The maximum atomic E-state index is 12.5. The van der Waals surface area contributed by atoms with E-state index in [0.29, 0.717) is 34.4 Å². The molecule has 0 aliphatic carbocycles. The zero-order valence-electron chi connectivity index (χ0n) is 22.4. The summed E-state index contributed by atoms with van der Waals surface area (Å²) in [5, 5.41) is 5.70. The Morgan fingerprint density at radius 1 is 0.564 bits per heavy atom. The number of nitrogens with one attached hydrogen (secondary N) is 2. The molecule has 0 radical (unpaired) electrons. The summed E-state index contributed by atoms with van der Waals surface area (Å²) in [6.45, 7) is 7.36. The van der Waals surface area contributed by atoms with Crippen LogP contribution in [0.1, 0.15) is 25.0 Å². The summed E-state index contributed by atoms with van der Waals surface area (Å²) in [7, 11) is 0. The highest BCUT2D eigenvalue weighted by Gasteiger charge is 2.16. The summed E-state index contributed by atoms with van der Waals surface area (Å²) in [6, 6.07) is 29.2. The third-order valence-electron chi connectivity index (χ3n) is 5.82. The molecule has 7 heteroatoms. The van der Waals surface area contributed by atoms with E-state index < -0.39 is 12.2 Å². The van der Waals surface area contributed by atoms with Gasteiger partial charge in [-0.15, -0.1) is 0 Å². The molecule has 0 spiro atoms. The molecule has 4 aromatic carbocycles. The number of amides is 2. The van der Waals surface area contributed by atoms with E-state index in [0.717, 1.165) is 11.1 Å². The molecule has 2 atom stereocenters. The monoisotopic (exact) mass is 524 g/mol. The Kier molecular flexibility index (Phi) is 8.84. The standard InChI is InChI=1S/C32H32N2O5/c1-21-7-5-9-29(19-21)37-23(3)31(35)33-25-11-15-27(16-12-25)39-28-17-13-26(14-18-28)34-32(36)24(4)38-30-10-6-8-22(2)20-30/h5-20,23-24H,1-4H3,(H,33,35)(H,34,36). The van der Waals surface area contributed by atoms with Gasteiger partial charge in [0.1, 0.15) is 23.0 Å². The molecule has 4 rings (SSSR count). The second-order valence-electron chi connectivity index (χ2n) is 9.28. The lowest BCUT2D eigenvalue weighted by Gasteiger charge is -2.16. The number of ether oxygens (including phenoxy) is 3. The molecule has 7 nitrogen and oxygen atoms in total. The van der Waals surface area contributed by atoms with E-state index in [1.165, 1.54) is 0 Å². The smallest absolute Gasteiger partial charge is 0.265 e. The Morgan fingerprint density at radius 2 is 0.949 bits per heavy atom. The van der Waals surface area contributed by atoms with E-state index in [1.807, 2.05) is 62.4 Å². The van der Waals surface area contributed by atoms with Crippen LogP contribution in [0, 0.1) is 13.8 Å². The van der Waals surface area contributed by atoms with Crippen LogP contribution in [-0.2, 0) is 9.59 Å². The number of benzene rings is 4. The van der Waals surface area contributed by atoms with Gasteiger partial charge in [0.25, 0.3) is 11.8 Å². The van der Waals surface area contributed by atoms with Crippen molar-refractivity contribution < 1.29 is 23.8 Å². The van der Waals surface area contributed by atoms with Gasteiger partial charge < -0.3 is 24.8 Å². The number of carbonyl (C=O) groups excluding carboxylic acids is 2. The van der Waals surface area contributed by atoms with E-state index in [9.17, 15) is 9.59 Å². The molecule has 2 amide bonds. The van der Waals surface area contributed by atoms with Crippen LogP contribution in [0.3, 0.4) is 0 Å². The van der Waals surface area contributed by atoms with Gasteiger partial charge >= 0.3 is 0 Å². The molecule has 0 aliphatic rings. The maximum absolute atomic E-state index is 12.5. The van der Waals surface area contributed by atoms with Crippen LogP contribution in [0.4, 0.5) is 11.4 Å². The van der Waals surface area contributed by atoms with E-state index in [2.05, 4.69) is 10.6 Å². The van der Waals surface area contributed by atoms with E-state index in [-0.39, 0.29) is 11.8 Å². The van der Waals surface area contributed by atoms with Crippen LogP contribution >= 0.6 is 0 Å². The third-order valence-corrected chi connectivity index (χ3v) is 5.82. The first-order valence-corrected chi connectivity index (χ1v) is 12.7. The van der Waals surface area contributed by atoms with Gasteiger partial charge in [-0.2, -0.15) is 0 Å². The van der Waals surface area contributed by atoms with Gasteiger partial charge in [0.15, 0.2) is 12.2 Å². The number of carbonyl (C=O) groups is 2. The first-order valence-electron chi connectivity index (χ1n) is 12.7. The zero-order chi connectivity index (χ0) is 27.8. The number of hydrogen-bond donors (Lipinski definition) is 2. The molecule has 0 saturated heterocycles. The zero-order valence-corrected chi connectivity index (χ0v) is 22.4. The summed E-state index contributed by atoms with van der Waals surface area (Å²) in [6.07, 6.45) is -1.31. The van der Waals surface area contributed by atoms with Crippen molar-refractivity contribution in [1.29, 1.82) is 0 Å². The molecule has 200 valence electrons. The molecule has 4 aromatic rings. The number of rotatable bonds is 10. The van der Waals surface area contributed by atoms with Crippen molar-refractivity contribution in [3.05, 3.63) is 108 Å². The van der Waals surface area contributed by atoms with Crippen LogP contribution in [-0.4, -0.2) is 24.0 Å². The molecule has 0 saturated carbocycles. The van der Waals surface area contributed by atoms with Crippen LogP contribution in [0.2, 0.25) is 0 Å². The van der Waals surface area contributed by atoms with Crippen LogP contribution in [0.5, 0.6) is 23.0 Å². The molecule has 2 unspecified atom stereocenters. The Labute approximate surface area is 228 Å². The summed E-state index contributed by atoms with van der Waals surface area (Å²) in [5.74, 6) is 2.01. The van der Waals surface area contributed by atoms with Crippen LogP contribution < -0.4 is 24.8 Å². The molecule has 39 heavy (non-hydrogen) atoms. The molecule has 0 aromatic heterocycles. The van der Waals surface area contributed by atoms with Crippen molar-refractivity contribution >= 4 is 23.2 Å². The number of hydrogen-bond acceptors (Lipinski definition) is 5. The second kappa shape index (κ2) is 12.6. The van der Waals surface area contributed by atoms with E-state index in [1.54, 1.807) is 62.4 Å². The first kappa shape index (κ1) is 27.3. The topological polar surface area (TPSA) is 85.9 Å². The molecule has 0 heterocycles.